The van der Waals surface area contributed by atoms with E-state index in [0.717, 1.165) is 10.9 Å². The highest BCUT2D eigenvalue weighted by molar-refractivity contribution is 5.92. The molecule has 1 heterocycles. The molecule has 0 aliphatic heterocycles. The molecule has 174 valence electrons. The monoisotopic (exact) mass is 473 g/mol. The van der Waals surface area contributed by atoms with E-state index in [1.165, 1.54) is 26.5 Å². The second-order valence-electron chi connectivity index (χ2n) is 6.65. The molecule has 0 fully saturated rings. The molecule has 0 saturated carbocycles. The van der Waals surface area contributed by atoms with Gasteiger partial charge in [0.2, 0.25) is 5.75 Å². The lowest BCUT2D eigenvalue weighted by molar-refractivity contribution is -0.153. The summed E-state index contributed by atoms with van der Waals surface area (Å²) in [5.74, 6) is 0.569. The molecule has 0 spiro atoms. The molecule has 2 aromatic carbocycles. The highest BCUT2D eigenvalue weighted by atomic mass is 35.5. The van der Waals surface area contributed by atoms with Crippen molar-refractivity contribution in [1.29, 1.82) is 0 Å². The highest BCUT2D eigenvalue weighted by Gasteiger charge is 2.29. The van der Waals surface area contributed by atoms with Crippen LogP contribution in [0.5, 0.6) is 28.7 Å². The average molecular weight is 474 g/mol. The van der Waals surface area contributed by atoms with Crippen molar-refractivity contribution in [3.05, 3.63) is 47.8 Å². The number of phenolic OH excluding ortho intramolecular Hbond substituents is 1. The third kappa shape index (κ3) is 5.59. The van der Waals surface area contributed by atoms with Gasteiger partial charge < -0.3 is 24.1 Å². The van der Waals surface area contributed by atoms with Gasteiger partial charge in [0.1, 0.15) is 0 Å². The van der Waals surface area contributed by atoms with Crippen molar-refractivity contribution in [3.8, 4) is 28.7 Å². The summed E-state index contributed by atoms with van der Waals surface area (Å²) < 4.78 is 58.8. The van der Waals surface area contributed by atoms with Crippen LogP contribution in [0.15, 0.2) is 36.7 Å². The zero-order valence-electron chi connectivity index (χ0n) is 17.7. The van der Waals surface area contributed by atoms with Gasteiger partial charge in [0.05, 0.1) is 20.8 Å². The maximum Gasteiger partial charge on any atom is 0.422 e. The van der Waals surface area contributed by atoms with Gasteiger partial charge in [-0.1, -0.05) is 6.07 Å². The number of phenols is 1. The number of ether oxygens (including phenoxy) is 4. The van der Waals surface area contributed by atoms with E-state index in [-0.39, 0.29) is 35.4 Å². The lowest BCUT2D eigenvalue weighted by atomic mass is 9.99. The van der Waals surface area contributed by atoms with Crippen molar-refractivity contribution in [3.63, 3.8) is 0 Å². The lowest BCUT2D eigenvalue weighted by Gasteiger charge is -2.17. The molecular formula is C22H23ClF3NO5. The topological polar surface area (TPSA) is 70.0 Å². The maximum atomic E-state index is 12.7. The number of hydrogen-bond donors (Lipinski definition) is 1. The van der Waals surface area contributed by atoms with Gasteiger partial charge in [-0.2, -0.15) is 13.2 Å². The first-order valence-electron chi connectivity index (χ1n) is 9.43. The van der Waals surface area contributed by atoms with Gasteiger partial charge in [0.15, 0.2) is 29.6 Å². The van der Waals surface area contributed by atoms with Crippen molar-refractivity contribution in [2.45, 2.75) is 19.5 Å². The molecule has 1 N–H and O–H groups in total. The minimum absolute atomic E-state index is 0. The first-order valence-corrected chi connectivity index (χ1v) is 9.43. The van der Waals surface area contributed by atoms with Crippen LogP contribution < -0.4 is 18.9 Å². The van der Waals surface area contributed by atoms with Crippen LogP contribution in [-0.4, -0.2) is 43.7 Å². The second kappa shape index (κ2) is 10.5. The smallest absolute Gasteiger partial charge is 0.422 e. The number of benzene rings is 2. The standard InChI is InChI=1S/C22H22F3NO5.ClH/c1-4-30-17-6-5-15-14(10-26-11-16(15)20(17)27)7-13-8-18(28-2)21(29-3)19(9-13)31-12-22(23,24)25;/h5-6,8-11,27H,4,7,12H2,1-3H3;1H. The Labute approximate surface area is 189 Å². The summed E-state index contributed by atoms with van der Waals surface area (Å²) in [5.41, 5.74) is 1.38. The number of pyridine rings is 1. The summed E-state index contributed by atoms with van der Waals surface area (Å²) in [4.78, 5) is 4.19. The largest absolute Gasteiger partial charge is 0.504 e. The number of aromatic nitrogens is 1. The number of alkyl halides is 3. The fourth-order valence-electron chi connectivity index (χ4n) is 3.26. The van der Waals surface area contributed by atoms with E-state index in [4.69, 9.17) is 18.9 Å². The molecule has 3 rings (SSSR count). The van der Waals surface area contributed by atoms with Gasteiger partial charge in [-0.3, -0.25) is 4.98 Å². The molecule has 10 heteroatoms. The molecular weight excluding hydrogens is 451 g/mol. The van der Waals surface area contributed by atoms with Crippen LogP contribution in [0.2, 0.25) is 0 Å². The minimum atomic E-state index is -4.50. The normalized spacial score (nSPS) is 11.1. The molecule has 0 atom stereocenters. The molecule has 1 aromatic heterocycles. The maximum absolute atomic E-state index is 12.7. The molecule has 3 aromatic rings. The fraction of sp³-hybridized carbons (Fsp3) is 0.318. The molecule has 0 aliphatic rings. The third-order valence-electron chi connectivity index (χ3n) is 4.55. The van der Waals surface area contributed by atoms with Crippen LogP contribution in [0.4, 0.5) is 13.2 Å². The summed E-state index contributed by atoms with van der Waals surface area (Å²) in [5, 5.41) is 11.7. The van der Waals surface area contributed by atoms with E-state index in [2.05, 4.69) is 4.98 Å². The van der Waals surface area contributed by atoms with E-state index >= 15 is 0 Å². The van der Waals surface area contributed by atoms with Crippen LogP contribution in [0.3, 0.4) is 0 Å². The molecule has 0 unspecified atom stereocenters. The summed E-state index contributed by atoms with van der Waals surface area (Å²) in [7, 11) is 2.72. The van der Waals surface area contributed by atoms with Gasteiger partial charge in [-0.05, 0) is 48.1 Å². The number of fused-ring (bicyclic) bond motifs is 1. The molecule has 6 nitrogen and oxygen atoms in total. The first-order chi connectivity index (χ1) is 14.8. The molecule has 0 saturated heterocycles. The summed E-state index contributed by atoms with van der Waals surface area (Å²) >= 11 is 0. The predicted octanol–water partition coefficient (Wildman–Crippen LogP) is 5.31. The number of aromatic hydroxyl groups is 1. The summed E-state index contributed by atoms with van der Waals surface area (Å²) in [6.45, 7) is 0.756. The number of hydrogen-bond acceptors (Lipinski definition) is 6. The summed E-state index contributed by atoms with van der Waals surface area (Å²) in [6, 6.07) is 6.60. The van der Waals surface area contributed by atoms with Gasteiger partial charge in [0, 0.05) is 17.8 Å². The van der Waals surface area contributed by atoms with E-state index in [1.54, 1.807) is 24.4 Å². The Morgan fingerprint density at radius 3 is 2.28 bits per heavy atom. The quantitative estimate of drug-likeness (QED) is 0.478. The van der Waals surface area contributed by atoms with Gasteiger partial charge in [0.25, 0.3) is 0 Å². The van der Waals surface area contributed by atoms with Crippen LogP contribution >= 0.6 is 12.4 Å². The molecule has 32 heavy (non-hydrogen) atoms. The molecule has 0 bridgehead atoms. The van der Waals surface area contributed by atoms with E-state index in [9.17, 15) is 18.3 Å². The van der Waals surface area contributed by atoms with Gasteiger partial charge in [-0.15, -0.1) is 12.4 Å². The zero-order chi connectivity index (χ0) is 22.6. The van der Waals surface area contributed by atoms with Gasteiger partial charge in [-0.25, -0.2) is 0 Å². The number of halogens is 4. The molecule has 0 amide bonds. The van der Waals surface area contributed by atoms with E-state index in [1.807, 2.05) is 6.92 Å². The zero-order valence-corrected chi connectivity index (χ0v) is 18.5. The Morgan fingerprint density at radius 2 is 1.66 bits per heavy atom. The molecule has 0 radical (unpaired) electrons. The summed E-state index contributed by atoms with van der Waals surface area (Å²) in [6.07, 6.45) is -1.03. The van der Waals surface area contributed by atoms with Crippen molar-refractivity contribution in [1.82, 2.24) is 4.98 Å². The third-order valence-corrected chi connectivity index (χ3v) is 4.55. The Morgan fingerprint density at radius 1 is 0.938 bits per heavy atom. The number of nitrogens with zero attached hydrogens (tertiary/aromatic N) is 1. The second-order valence-corrected chi connectivity index (χ2v) is 6.65. The predicted molar refractivity (Wildman–Crippen MR) is 116 cm³/mol. The Kier molecular flexibility index (Phi) is 8.26. The number of methoxy groups -OCH3 is 2. The SMILES string of the molecule is CCOc1ccc2c(Cc3cc(OC)c(OC)c(OCC(F)(F)F)c3)cncc2c1O.Cl. The highest BCUT2D eigenvalue weighted by Crippen LogP contribution is 2.41. The minimum Gasteiger partial charge on any atom is -0.504 e. The van der Waals surface area contributed by atoms with Crippen LogP contribution in [0.25, 0.3) is 10.8 Å². The van der Waals surface area contributed by atoms with Crippen molar-refractivity contribution < 1.29 is 37.2 Å². The van der Waals surface area contributed by atoms with E-state index < -0.39 is 12.8 Å². The Bertz CT molecular complexity index is 1080. The van der Waals surface area contributed by atoms with Crippen molar-refractivity contribution in [2.75, 3.05) is 27.4 Å². The Hall–Kier alpha value is -3.07. The van der Waals surface area contributed by atoms with E-state index in [0.29, 0.717) is 29.7 Å². The lowest BCUT2D eigenvalue weighted by Crippen LogP contribution is -2.19. The average Bonchev–Trinajstić information content (AvgIpc) is 2.73. The number of rotatable bonds is 8. The van der Waals surface area contributed by atoms with Crippen LogP contribution in [-0.2, 0) is 6.42 Å². The van der Waals surface area contributed by atoms with Crippen molar-refractivity contribution in [2.24, 2.45) is 0 Å². The Balaban J connectivity index is 0.00000363. The fourth-order valence-corrected chi connectivity index (χ4v) is 3.26. The van der Waals surface area contributed by atoms with Crippen molar-refractivity contribution >= 4 is 23.2 Å². The van der Waals surface area contributed by atoms with Gasteiger partial charge >= 0.3 is 6.18 Å². The first kappa shape index (κ1) is 25.2. The van der Waals surface area contributed by atoms with Crippen LogP contribution in [0, 0.1) is 0 Å². The molecule has 0 aliphatic carbocycles. The van der Waals surface area contributed by atoms with Crippen LogP contribution in [0.1, 0.15) is 18.1 Å².